The molecule has 37 heavy (non-hydrogen) atoms. The maximum Gasteiger partial charge on any atom is 0.267 e. The number of primary amides is 1. The van der Waals surface area contributed by atoms with E-state index in [9.17, 15) is 9.59 Å². The maximum atomic E-state index is 13.0. The number of pyridine rings is 1. The molecule has 2 aliphatic rings. The molecule has 0 bridgehead atoms. The Kier molecular flexibility index (Phi) is 6.17. The summed E-state index contributed by atoms with van der Waals surface area (Å²) in [5.41, 5.74) is 7.40. The fourth-order valence-corrected chi connectivity index (χ4v) is 5.39. The summed E-state index contributed by atoms with van der Waals surface area (Å²) >= 11 is 0. The number of aromatic nitrogens is 4. The first-order chi connectivity index (χ1) is 18.0. The molecule has 0 radical (unpaired) electrons. The maximum absolute atomic E-state index is 13.0. The average Bonchev–Trinajstić information content (AvgIpc) is 3.54. The molecule has 6 rings (SSSR count). The second-order valence-electron chi connectivity index (χ2n) is 9.93. The van der Waals surface area contributed by atoms with Crippen LogP contribution in [-0.2, 0) is 11.3 Å². The third-order valence-electron chi connectivity index (χ3n) is 7.44. The zero-order valence-electron chi connectivity index (χ0n) is 20.7. The lowest BCUT2D eigenvalue weighted by Crippen LogP contribution is -2.51. The smallest absolute Gasteiger partial charge is 0.267 e. The summed E-state index contributed by atoms with van der Waals surface area (Å²) in [6.07, 6.45) is 4.90. The number of anilines is 1. The first-order valence-electron chi connectivity index (χ1n) is 12.8. The molecule has 5 heterocycles. The summed E-state index contributed by atoms with van der Waals surface area (Å²) in [4.78, 5) is 44.6. The first kappa shape index (κ1) is 23.4. The standard InChI is InChI=1S/C27H30N8O2/c28-25(37)23-6-5-20-8-10-35(26(20)30-23)17-19-7-9-32(16-19)18-24(36)33-11-13-34(14-12-33)27-29-15-21-3-1-2-4-22(21)31-27/h1-6,8,10,15,19H,7,9,11-14,16-18H2,(H2,28,37). The molecule has 2 fully saturated rings. The molecule has 10 nitrogen and oxygen atoms in total. The number of para-hydroxylation sites is 1. The molecular formula is C27H30N8O2. The van der Waals surface area contributed by atoms with Gasteiger partial charge in [-0.05, 0) is 43.1 Å². The molecule has 10 heteroatoms. The second-order valence-corrected chi connectivity index (χ2v) is 9.93. The van der Waals surface area contributed by atoms with Gasteiger partial charge in [0.2, 0.25) is 11.9 Å². The van der Waals surface area contributed by atoms with E-state index in [2.05, 4.69) is 24.3 Å². The van der Waals surface area contributed by atoms with Gasteiger partial charge in [0, 0.05) is 62.4 Å². The van der Waals surface area contributed by atoms with Gasteiger partial charge < -0.3 is 20.1 Å². The molecule has 1 atom stereocenters. The number of carbonyl (C=O) groups is 2. The van der Waals surface area contributed by atoms with E-state index in [1.54, 1.807) is 6.07 Å². The fourth-order valence-electron chi connectivity index (χ4n) is 5.39. The summed E-state index contributed by atoms with van der Waals surface area (Å²) in [7, 11) is 0. The lowest BCUT2D eigenvalue weighted by atomic mass is 10.1. The Hall–Kier alpha value is -4.05. The number of nitrogens with two attached hydrogens (primary N) is 1. The second kappa shape index (κ2) is 9.78. The molecule has 1 aromatic carbocycles. The van der Waals surface area contributed by atoms with Crippen LogP contribution in [0.25, 0.3) is 21.9 Å². The summed E-state index contributed by atoms with van der Waals surface area (Å²) in [6.45, 7) is 5.83. The molecule has 0 aliphatic carbocycles. The Balaban J connectivity index is 1.01. The molecule has 2 N–H and O–H groups in total. The van der Waals surface area contributed by atoms with Crippen LogP contribution >= 0.6 is 0 Å². The van der Waals surface area contributed by atoms with Crippen LogP contribution in [0.2, 0.25) is 0 Å². The van der Waals surface area contributed by atoms with Crippen molar-refractivity contribution in [2.75, 3.05) is 50.7 Å². The number of carbonyl (C=O) groups excluding carboxylic acids is 2. The molecule has 4 aromatic rings. The van der Waals surface area contributed by atoms with Gasteiger partial charge in [0.15, 0.2) is 0 Å². The van der Waals surface area contributed by atoms with Gasteiger partial charge in [-0.15, -0.1) is 0 Å². The molecular weight excluding hydrogens is 468 g/mol. The average molecular weight is 499 g/mol. The minimum absolute atomic E-state index is 0.180. The Morgan fingerprint density at radius 2 is 1.78 bits per heavy atom. The van der Waals surface area contributed by atoms with Gasteiger partial charge in [-0.3, -0.25) is 14.5 Å². The first-order valence-corrected chi connectivity index (χ1v) is 12.8. The quantitative estimate of drug-likeness (QED) is 0.431. The predicted molar refractivity (Wildman–Crippen MR) is 141 cm³/mol. The van der Waals surface area contributed by atoms with E-state index in [1.807, 2.05) is 53.7 Å². The summed E-state index contributed by atoms with van der Waals surface area (Å²) in [6, 6.07) is 13.5. The predicted octanol–water partition coefficient (Wildman–Crippen LogP) is 1.75. The number of piperazine rings is 1. The van der Waals surface area contributed by atoms with Gasteiger partial charge >= 0.3 is 0 Å². The highest BCUT2D eigenvalue weighted by Gasteiger charge is 2.28. The van der Waals surface area contributed by atoms with Crippen LogP contribution in [0.3, 0.4) is 0 Å². The Labute approximate surface area is 214 Å². The van der Waals surface area contributed by atoms with Gasteiger partial charge in [0.05, 0.1) is 12.1 Å². The lowest BCUT2D eigenvalue weighted by molar-refractivity contribution is -0.132. The van der Waals surface area contributed by atoms with Crippen molar-refractivity contribution in [3.8, 4) is 0 Å². The van der Waals surface area contributed by atoms with E-state index in [0.29, 0.717) is 25.6 Å². The molecule has 2 saturated heterocycles. The molecule has 0 saturated carbocycles. The minimum Gasteiger partial charge on any atom is -0.364 e. The number of hydrogen-bond acceptors (Lipinski definition) is 7. The van der Waals surface area contributed by atoms with Crippen molar-refractivity contribution >= 4 is 39.7 Å². The zero-order valence-corrected chi connectivity index (χ0v) is 20.7. The van der Waals surface area contributed by atoms with Crippen molar-refractivity contribution in [2.24, 2.45) is 11.7 Å². The monoisotopic (exact) mass is 498 g/mol. The molecule has 2 amide bonds. The zero-order chi connectivity index (χ0) is 25.4. The summed E-state index contributed by atoms with van der Waals surface area (Å²) < 4.78 is 2.09. The van der Waals surface area contributed by atoms with Crippen molar-refractivity contribution in [3.05, 3.63) is 60.6 Å². The van der Waals surface area contributed by atoms with E-state index in [0.717, 1.165) is 67.0 Å². The van der Waals surface area contributed by atoms with Crippen LogP contribution in [0.1, 0.15) is 16.9 Å². The fraction of sp³-hybridized carbons (Fsp3) is 0.370. The van der Waals surface area contributed by atoms with E-state index in [4.69, 9.17) is 10.7 Å². The van der Waals surface area contributed by atoms with Crippen molar-refractivity contribution < 1.29 is 9.59 Å². The Morgan fingerprint density at radius 3 is 2.62 bits per heavy atom. The largest absolute Gasteiger partial charge is 0.364 e. The van der Waals surface area contributed by atoms with E-state index >= 15 is 0 Å². The van der Waals surface area contributed by atoms with Crippen molar-refractivity contribution in [1.82, 2.24) is 29.3 Å². The van der Waals surface area contributed by atoms with E-state index in [-0.39, 0.29) is 11.6 Å². The number of hydrogen-bond donors (Lipinski definition) is 1. The summed E-state index contributed by atoms with van der Waals surface area (Å²) in [5.74, 6) is 0.803. The molecule has 2 aliphatic heterocycles. The topological polar surface area (TPSA) is 113 Å². The van der Waals surface area contributed by atoms with Crippen LogP contribution in [0.15, 0.2) is 54.9 Å². The lowest BCUT2D eigenvalue weighted by Gasteiger charge is -2.35. The van der Waals surface area contributed by atoms with Crippen LogP contribution in [0, 0.1) is 5.92 Å². The van der Waals surface area contributed by atoms with E-state index in [1.165, 1.54) is 0 Å². The van der Waals surface area contributed by atoms with Crippen molar-refractivity contribution in [1.29, 1.82) is 0 Å². The third-order valence-corrected chi connectivity index (χ3v) is 7.44. The van der Waals surface area contributed by atoms with Crippen molar-refractivity contribution in [2.45, 2.75) is 13.0 Å². The van der Waals surface area contributed by atoms with Crippen LogP contribution in [0.4, 0.5) is 5.95 Å². The van der Waals surface area contributed by atoms with Gasteiger partial charge in [-0.1, -0.05) is 18.2 Å². The van der Waals surface area contributed by atoms with Crippen molar-refractivity contribution in [3.63, 3.8) is 0 Å². The van der Waals surface area contributed by atoms with Crippen LogP contribution in [-0.4, -0.2) is 86.9 Å². The Morgan fingerprint density at radius 1 is 0.946 bits per heavy atom. The normalized spacial score (nSPS) is 18.6. The minimum atomic E-state index is -0.522. The number of benzene rings is 1. The number of amides is 2. The number of fused-ring (bicyclic) bond motifs is 2. The van der Waals surface area contributed by atoms with Gasteiger partial charge in [-0.2, -0.15) is 0 Å². The van der Waals surface area contributed by atoms with Gasteiger partial charge in [0.25, 0.3) is 5.91 Å². The molecule has 3 aromatic heterocycles. The summed E-state index contributed by atoms with van der Waals surface area (Å²) in [5, 5.41) is 2.02. The molecule has 1 unspecified atom stereocenters. The van der Waals surface area contributed by atoms with Gasteiger partial charge in [-0.25, -0.2) is 15.0 Å². The SMILES string of the molecule is NC(=O)c1ccc2ccn(CC3CCN(CC(=O)N4CCN(c5ncc6ccccc6n5)CC4)C3)c2n1. The molecule has 190 valence electrons. The van der Waals surface area contributed by atoms with Crippen LogP contribution < -0.4 is 10.6 Å². The number of likely N-dealkylation sites (tertiary alicyclic amines) is 1. The van der Waals surface area contributed by atoms with Gasteiger partial charge in [0.1, 0.15) is 11.3 Å². The van der Waals surface area contributed by atoms with Crippen LogP contribution in [0.5, 0.6) is 0 Å². The van der Waals surface area contributed by atoms with E-state index < -0.39 is 5.91 Å². The Bertz CT molecular complexity index is 1460. The highest BCUT2D eigenvalue weighted by Crippen LogP contribution is 2.22. The third kappa shape index (κ3) is 4.84. The molecule has 0 spiro atoms. The number of rotatable bonds is 6. The highest BCUT2D eigenvalue weighted by atomic mass is 16.2. The number of nitrogens with zero attached hydrogens (tertiary/aromatic N) is 7. The highest BCUT2D eigenvalue weighted by molar-refractivity contribution is 5.93.